The number of esters is 1. The lowest BCUT2D eigenvalue weighted by molar-refractivity contribution is -0.143. The number of anilines is 3. The number of amides is 4. The Morgan fingerprint density at radius 1 is 0.808 bits per heavy atom. The highest BCUT2D eigenvalue weighted by atomic mass is 16.6. The molecule has 0 bridgehead atoms. The topological polar surface area (TPSA) is 337 Å². The van der Waals surface area contributed by atoms with Gasteiger partial charge in [0.05, 0.1) is 48.4 Å². The summed E-state index contributed by atoms with van der Waals surface area (Å²) in [6.07, 6.45) is 12.6. The number of nitrogens with two attached hydrogens (primary N) is 3. The summed E-state index contributed by atoms with van der Waals surface area (Å²) in [5.74, 6) is -1.17. The molecule has 0 aliphatic rings. The molecule has 0 fully saturated rings. The van der Waals surface area contributed by atoms with Crippen LogP contribution < -0.4 is 42.6 Å². The fourth-order valence-corrected chi connectivity index (χ4v) is 7.58. The molecule has 0 aliphatic carbocycles. The van der Waals surface area contributed by atoms with Crippen LogP contribution in [0.3, 0.4) is 0 Å². The monoisotopic (exact) mass is 1080 g/mol. The van der Waals surface area contributed by atoms with Crippen LogP contribution in [-0.4, -0.2) is 119 Å². The molecule has 2 aromatic carbocycles. The third-order valence-corrected chi connectivity index (χ3v) is 10.8. The highest BCUT2D eigenvalue weighted by Crippen LogP contribution is 2.33. The van der Waals surface area contributed by atoms with Crippen LogP contribution in [-0.2, 0) is 45.2 Å². The molecule has 0 radical (unpaired) electrons. The average Bonchev–Trinajstić information content (AvgIpc) is 4.17. The van der Waals surface area contributed by atoms with Gasteiger partial charge in [0.25, 0.3) is 5.91 Å². The van der Waals surface area contributed by atoms with Gasteiger partial charge >= 0.3 is 12.1 Å². The van der Waals surface area contributed by atoms with E-state index in [-0.39, 0.29) is 73.8 Å². The van der Waals surface area contributed by atoms with Crippen LogP contribution >= 0.6 is 0 Å². The number of ether oxygens (including phenoxy) is 4. The molecule has 25 heteroatoms. The molecule has 0 saturated heterocycles. The van der Waals surface area contributed by atoms with Gasteiger partial charge in [-0.3, -0.25) is 49.0 Å². The number of carbonyl (C=O) groups excluding carboxylic acids is 6. The molecule has 6 rings (SSSR count). The molecule has 4 amide bonds. The Bertz CT molecular complexity index is 3240. The number of benzene rings is 2. The second-order valence-electron chi connectivity index (χ2n) is 18.2. The first kappa shape index (κ1) is 59.6. The molecule has 78 heavy (non-hydrogen) atoms. The minimum Gasteiger partial charge on any atom is -0.491 e. The van der Waals surface area contributed by atoms with Gasteiger partial charge in [0.15, 0.2) is 6.29 Å². The van der Waals surface area contributed by atoms with Crippen molar-refractivity contribution in [1.29, 1.82) is 0 Å². The number of aliphatic imine (C=N–C) groups is 1. The number of carbonyl (C=O) groups is 6. The molecule has 0 atom stereocenters. The van der Waals surface area contributed by atoms with Gasteiger partial charge < -0.3 is 50.6 Å². The molecule has 416 valence electrons. The van der Waals surface area contributed by atoms with E-state index in [4.69, 9.17) is 41.1 Å². The number of aromatic nitrogens is 8. The number of fused-ring (bicyclic) bond motifs is 2. The van der Waals surface area contributed by atoms with Crippen molar-refractivity contribution >= 4 is 81.4 Å². The number of nitrogens with zero attached hydrogens (tertiary/aromatic N) is 9. The first-order chi connectivity index (χ1) is 37.2. The molecule has 0 aliphatic heterocycles. The summed E-state index contributed by atoms with van der Waals surface area (Å²) in [6, 6.07) is 7.90. The molecule has 4 aromatic heterocycles. The molecule has 0 unspecified atom stereocenters. The highest BCUT2D eigenvalue weighted by Gasteiger charge is 2.22. The molecule has 25 nitrogen and oxygen atoms in total. The van der Waals surface area contributed by atoms with Crippen molar-refractivity contribution in [3.05, 3.63) is 101 Å². The van der Waals surface area contributed by atoms with Gasteiger partial charge in [0.1, 0.15) is 46.1 Å². The van der Waals surface area contributed by atoms with Gasteiger partial charge in [-0.15, -0.1) is 0 Å². The summed E-state index contributed by atoms with van der Waals surface area (Å²) in [5.41, 5.74) is 21.2. The van der Waals surface area contributed by atoms with Gasteiger partial charge in [0, 0.05) is 62.7 Å². The van der Waals surface area contributed by atoms with E-state index in [1.807, 2.05) is 36.6 Å². The summed E-state index contributed by atoms with van der Waals surface area (Å²) in [4.78, 5) is 86.7. The third-order valence-electron chi connectivity index (χ3n) is 10.8. The lowest BCUT2D eigenvalue weighted by Gasteiger charge is -2.19. The van der Waals surface area contributed by atoms with E-state index in [1.54, 1.807) is 93.0 Å². The number of allylic oxidation sites excluding steroid dienone is 4. The lowest BCUT2D eigenvalue weighted by Crippen LogP contribution is -2.27. The van der Waals surface area contributed by atoms with E-state index in [1.165, 1.54) is 24.4 Å². The SMILES string of the molecule is CCN=C(/C=C(/C)N)C(=O)Nc1nc2cc(C(N)=O)cc(OCCCC(=O)OCC)c2n1C/C=C/Cn1c(NC)nc2cc(C(N)=O)cc(OC/C=C/Cn3cc(NC(=O)OC(C)(C)C)cn3)c21.CCn1nc(C)cc1C=O. The number of aldehydes is 1. The third kappa shape index (κ3) is 16.9. The van der Waals surface area contributed by atoms with Gasteiger partial charge in [-0.1, -0.05) is 18.2 Å². The molecular weight excluding hydrogens is 1010 g/mol. The zero-order valence-electron chi connectivity index (χ0n) is 45.4. The van der Waals surface area contributed by atoms with Crippen molar-refractivity contribution < 1.29 is 47.7 Å². The minimum atomic E-state index is -0.724. The first-order valence-corrected chi connectivity index (χ1v) is 25.1. The summed E-state index contributed by atoms with van der Waals surface area (Å²) < 4.78 is 29.6. The van der Waals surface area contributed by atoms with Crippen molar-refractivity contribution in [2.75, 3.05) is 49.4 Å². The second kappa shape index (κ2) is 28.0. The molecular formula is C53H69N15O10. The zero-order valence-corrected chi connectivity index (χ0v) is 45.4. The van der Waals surface area contributed by atoms with Crippen LogP contribution in [0.2, 0.25) is 0 Å². The molecule has 4 heterocycles. The molecule has 0 spiro atoms. The Morgan fingerprint density at radius 3 is 1.97 bits per heavy atom. The number of imidazole rings is 2. The van der Waals surface area contributed by atoms with E-state index in [0.717, 1.165) is 18.5 Å². The Balaban J connectivity index is 0.00000100. The Labute approximate surface area is 450 Å². The molecule has 6 aromatic rings. The quantitative estimate of drug-likeness (QED) is 0.0125. The van der Waals surface area contributed by atoms with Crippen LogP contribution in [0.4, 0.5) is 22.4 Å². The maximum atomic E-state index is 13.6. The van der Waals surface area contributed by atoms with Crippen molar-refractivity contribution in [2.24, 2.45) is 22.2 Å². The summed E-state index contributed by atoms with van der Waals surface area (Å²) in [6.45, 7) is 16.6. The van der Waals surface area contributed by atoms with E-state index < -0.39 is 29.4 Å². The van der Waals surface area contributed by atoms with Gasteiger partial charge in [-0.05, 0) is 104 Å². The number of rotatable bonds is 25. The number of hydrogen-bond acceptors (Lipinski definition) is 17. The Hall–Kier alpha value is -9.29. The molecule has 9 N–H and O–H groups in total. The normalized spacial score (nSPS) is 11.9. The van der Waals surface area contributed by atoms with E-state index >= 15 is 0 Å². The number of aryl methyl sites for hydroxylation is 2. The van der Waals surface area contributed by atoms with Crippen LogP contribution in [0.15, 0.2) is 83.8 Å². The van der Waals surface area contributed by atoms with Crippen molar-refractivity contribution in [3.8, 4) is 11.5 Å². The Morgan fingerprint density at radius 2 is 1.42 bits per heavy atom. The van der Waals surface area contributed by atoms with E-state index in [0.29, 0.717) is 70.4 Å². The first-order valence-electron chi connectivity index (χ1n) is 25.1. The van der Waals surface area contributed by atoms with E-state index in [2.05, 4.69) is 36.1 Å². The minimum absolute atomic E-state index is 0.0793. The Kier molecular flexibility index (Phi) is 21.4. The zero-order chi connectivity index (χ0) is 57.1. The van der Waals surface area contributed by atoms with Crippen molar-refractivity contribution in [2.45, 2.75) is 100 Å². The molecule has 0 saturated carbocycles. The summed E-state index contributed by atoms with van der Waals surface area (Å²) in [5, 5.41) is 16.9. The second-order valence-corrected chi connectivity index (χ2v) is 18.2. The largest absolute Gasteiger partial charge is 0.491 e. The van der Waals surface area contributed by atoms with Gasteiger partial charge in [0.2, 0.25) is 23.7 Å². The van der Waals surface area contributed by atoms with Crippen molar-refractivity contribution in [3.63, 3.8) is 0 Å². The average molecular weight is 1080 g/mol. The van der Waals surface area contributed by atoms with Crippen molar-refractivity contribution in [1.82, 2.24) is 38.7 Å². The lowest BCUT2D eigenvalue weighted by atomic mass is 10.1. The number of hydrogen-bond donors (Lipinski definition) is 6. The number of primary amides is 2. The number of nitrogens with one attached hydrogen (secondary N) is 3. The fourth-order valence-electron chi connectivity index (χ4n) is 7.58. The predicted molar refractivity (Wildman–Crippen MR) is 296 cm³/mol. The maximum Gasteiger partial charge on any atom is 0.412 e. The maximum absolute atomic E-state index is 13.6. The van der Waals surface area contributed by atoms with E-state index in [9.17, 15) is 28.8 Å². The van der Waals surface area contributed by atoms with Gasteiger partial charge in [-0.25, -0.2) is 14.8 Å². The van der Waals surface area contributed by atoms with Gasteiger partial charge in [-0.2, -0.15) is 10.2 Å². The standard InChI is InChI=1S/C46H59N13O9.C7H10N2O/c1-8-51-34(21-28(3)47)42(63)56-44-55-33-23-30(41(49)62)25-36(67-20-14-15-37(60)65-9-2)39(33)59(44)18-11-10-17-58-38-32(54-43(58)50-7)22-29(40(48)61)24-35(38)66-19-13-12-16-57-27-31(26-52-57)53-45(64)68-46(4,5)6;1-3-9-7(5-10)4-6(2)8-9/h10-13,21-27H,8-9,14-20,47H2,1-7H3,(H2,48,61)(H2,49,62)(H,50,54)(H,53,64)(H,55,56,63);4-5H,3H2,1-2H3/b11-10+,13-12+,28-21-,51-34?;. The smallest absolute Gasteiger partial charge is 0.412 e. The van der Waals surface area contributed by atoms with Crippen LogP contribution in [0.5, 0.6) is 11.5 Å². The van der Waals surface area contributed by atoms with Crippen LogP contribution in [0.25, 0.3) is 22.1 Å². The predicted octanol–water partition coefficient (Wildman–Crippen LogP) is 6.07. The fraction of sp³-hybridized carbons (Fsp3) is 0.377. The van der Waals surface area contributed by atoms with Crippen LogP contribution in [0.1, 0.15) is 98.2 Å². The highest BCUT2D eigenvalue weighted by molar-refractivity contribution is 6.47. The summed E-state index contributed by atoms with van der Waals surface area (Å²) >= 11 is 0. The summed E-state index contributed by atoms with van der Waals surface area (Å²) in [7, 11) is 1.71. The van der Waals surface area contributed by atoms with Crippen LogP contribution in [0, 0.1) is 6.92 Å².